The molecule has 1 aromatic heterocycles. The fourth-order valence-corrected chi connectivity index (χ4v) is 4.65. The molecule has 3 rings (SSSR count). The van der Waals surface area contributed by atoms with Crippen molar-refractivity contribution in [1.82, 2.24) is 14.9 Å². The number of amides is 1. The van der Waals surface area contributed by atoms with Crippen LogP contribution in [0.4, 0.5) is 0 Å². The number of carbonyl (C=O) groups is 1. The van der Waals surface area contributed by atoms with Crippen molar-refractivity contribution >= 4 is 44.6 Å². The maximum atomic E-state index is 12.4. The SMILES string of the molecule is CC(C(=O)NC#N)C1CSc2cc(Br)cc3[nH]c(=O)c(=O)n1c23. The van der Waals surface area contributed by atoms with Gasteiger partial charge in [-0.1, -0.05) is 22.9 Å². The summed E-state index contributed by atoms with van der Waals surface area (Å²) in [7, 11) is 0. The first-order chi connectivity index (χ1) is 10.9. The Morgan fingerprint density at radius 3 is 3.00 bits per heavy atom. The third-order valence-corrected chi connectivity index (χ3v) is 5.44. The van der Waals surface area contributed by atoms with Crippen LogP contribution in [0.3, 0.4) is 0 Å². The normalized spacial score (nSPS) is 17.5. The summed E-state index contributed by atoms with van der Waals surface area (Å²) in [5.41, 5.74) is -0.283. The second-order valence-electron chi connectivity index (χ2n) is 5.20. The minimum Gasteiger partial charge on any atom is -0.316 e. The molecule has 0 bridgehead atoms. The number of nitrogens with zero attached hydrogens (tertiary/aromatic N) is 2. The third-order valence-electron chi connectivity index (χ3n) is 3.85. The highest BCUT2D eigenvalue weighted by Gasteiger charge is 2.32. The number of aromatic amines is 1. The van der Waals surface area contributed by atoms with Crippen LogP contribution in [0.2, 0.25) is 0 Å². The van der Waals surface area contributed by atoms with Crippen LogP contribution in [0.1, 0.15) is 13.0 Å². The predicted octanol–water partition coefficient (Wildman–Crippen LogP) is 1.33. The van der Waals surface area contributed by atoms with Gasteiger partial charge in [-0.3, -0.25) is 24.3 Å². The Morgan fingerprint density at radius 2 is 2.30 bits per heavy atom. The van der Waals surface area contributed by atoms with Crippen molar-refractivity contribution in [2.45, 2.75) is 17.9 Å². The number of aromatic nitrogens is 2. The molecule has 23 heavy (non-hydrogen) atoms. The number of nitriles is 1. The van der Waals surface area contributed by atoms with Crippen molar-refractivity contribution in [2.75, 3.05) is 5.75 Å². The lowest BCUT2D eigenvalue weighted by atomic mass is 10.0. The predicted molar refractivity (Wildman–Crippen MR) is 89.2 cm³/mol. The van der Waals surface area contributed by atoms with E-state index in [1.54, 1.807) is 19.2 Å². The summed E-state index contributed by atoms with van der Waals surface area (Å²) in [6, 6.07) is 3.09. The van der Waals surface area contributed by atoms with Crippen LogP contribution in [-0.4, -0.2) is 21.2 Å². The molecule has 1 aliphatic heterocycles. The summed E-state index contributed by atoms with van der Waals surface area (Å²) in [4.78, 5) is 39.7. The molecule has 1 amide bonds. The molecular weight excluding hydrogens is 384 g/mol. The molecule has 118 valence electrons. The fraction of sp³-hybridized carbons (Fsp3) is 0.286. The largest absolute Gasteiger partial charge is 0.317 e. The summed E-state index contributed by atoms with van der Waals surface area (Å²) in [5.74, 6) is -0.636. The van der Waals surface area contributed by atoms with Crippen LogP contribution in [0.5, 0.6) is 0 Å². The van der Waals surface area contributed by atoms with Crippen molar-refractivity contribution < 1.29 is 4.79 Å². The highest BCUT2D eigenvalue weighted by atomic mass is 79.9. The van der Waals surface area contributed by atoms with E-state index in [1.165, 1.54) is 16.3 Å². The van der Waals surface area contributed by atoms with Gasteiger partial charge in [0.15, 0.2) is 6.19 Å². The standard InChI is InChI=1S/C14H11BrN4O3S/c1-6(12(20)17-5-16)9-4-23-10-3-7(15)2-8-11(10)19(9)14(22)13(21)18-8/h2-3,6,9H,4H2,1H3,(H,17,20)(H,18,21). The van der Waals surface area contributed by atoms with Crippen LogP contribution >= 0.6 is 27.7 Å². The molecule has 2 atom stereocenters. The first-order valence-electron chi connectivity index (χ1n) is 6.74. The summed E-state index contributed by atoms with van der Waals surface area (Å²) < 4.78 is 2.18. The lowest BCUT2D eigenvalue weighted by molar-refractivity contribution is -0.124. The van der Waals surface area contributed by atoms with Gasteiger partial charge in [0.05, 0.1) is 23.0 Å². The molecule has 2 heterocycles. The summed E-state index contributed by atoms with van der Waals surface area (Å²) >= 11 is 4.89. The molecular formula is C14H11BrN4O3S. The van der Waals surface area contributed by atoms with Crippen LogP contribution in [0.15, 0.2) is 31.1 Å². The van der Waals surface area contributed by atoms with Gasteiger partial charge in [-0.15, -0.1) is 11.8 Å². The van der Waals surface area contributed by atoms with Crippen LogP contribution in [-0.2, 0) is 4.79 Å². The van der Waals surface area contributed by atoms with E-state index in [0.29, 0.717) is 16.8 Å². The zero-order valence-electron chi connectivity index (χ0n) is 11.9. The van der Waals surface area contributed by atoms with Gasteiger partial charge in [-0.05, 0) is 12.1 Å². The number of halogens is 1. The average molecular weight is 395 g/mol. The summed E-state index contributed by atoms with van der Waals surface area (Å²) in [6.07, 6.45) is 1.60. The Balaban J connectivity index is 2.28. The van der Waals surface area contributed by atoms with Gasteiger partial charge < -0.3 is 4.98 Å². The first kappa shape index (κ1) is 15.8. The zero-order valence-corrected chi connectivity index (χ0v) is 14.3. The molecule has 0 spiro atoms. The number of rotatable bonds is 2. The number of benzene rings is 1. The molecule has 9 heteroatoms. The Morgan fingerprint density at radius 1 is 1.57 bits per heavy atom. The lowest BCUT2D eigenvalue weighted by Gasteiger charge is -2.30. The molecule has 0 saturated carbocycles. The number of carbonyl (C=O) groups excluding carboxylic acids is 1. The van der Waals surface area contributed by atoms with Crippen LogP contribution in [0, 0.1) is 17.4 Å². The van der Waals surface area contributed by atoms with E-state index in [0.717, 1.165) is 9.37 Å². The van der Waals surface area contributed by atoms with Crippen LogP contribution < -0.4 is 16.4 Å². The van der Waals surface area contributed by atoms with Gasteiger partial charge in [0.25, 0.3) is 0 Å². The Labute approximate surface area is 142 Å². The van der Waals surface area contributed by atoms with Crippen molar-refractivity contribution in [3.8, 4) is 6.19 Å². The van der Waals surface area contributed by atoms with Gasteiger partial charge in [-0.2, -0.15) is 5.26 Å². The number of hydrogen-bond acceptors (Lipinski definition) is 5. The zero-order chi connectivity index (χ0) is 16.7. The van der Waals surface area contributed by atoms with E-state index < -0.39 is 29.0 Å². The van der Waals surface area contributed by atoms with Gasteiger partial charge in [-0.25, -0.2) is 0 Å². The van der Waals surface area contributed by atoms with Gasteiger partial charge >= 0.3 is 11.1 Å². The molecule has 1 aromatic carbocycles. The molecule has 1 aliphatic rings. The second kappa shape index (κ2) is 5.86. The van der Waals surface area contributed by atoms with E-state index in [-0.39, 0.29) is 0 Å². The molecule has 0 aliphatic carbocycles. The minimum atomic E-state index is -0.730. The Bertz CT molecular complexity index is 975. The van der Waals surface area contributed by atoms with E-state index in [4.69, 9.17) is 5.26 Å². The van der Waals surface area contributed by atoms with E-state index in [2.05, 4.69) is 26.2 Å². The van der Waals surface area contributed by atoms with E-state index in [1.807, 2.05) is 6.07 Å². The molecule has 2 aromatic rings. The molecule has 7 nitrogen and oxygen atoms in total. The lowest BCUT2D eigenvalue weighted by Crippen LogP contribution is -2.44. The molecule has 0 saturated heterocycles. The summed E-state index contributed by atoms with van der Waals surface area (Å²) in [6.45, 7) is 1.64. The maximum Gasteiger partial charge on any atom is 0.317 e. The highest BCUT2D eigenvalue weighted by Crippen LogP contribution is 2.39. The van der Waals surface area contributed by atoms with Gasteiger partial charge in [0.1, 0.15) is 0 Å². The molecule has 0 radical (unpaired) electrons. The summed E-state index contributed by atoms with van der Waals surface area (Å²) in [5, 5.41) is 10.7. The molecule has 2 N–H and O–H groups in total. The fourth-order valence-electron chi connectivity index (χ4n) is 2.69. The monoisotopic (exact) mass is 394 g/mol. The maximum absolute atomic E-state index is 12.4. The number of H-pyrrole nitrogens is 1. The van der Waals surface area contributed by atoms with E-state index >= 15 is 0 Å². The number of hydrogen-bond donors (Lipinski definition) is 2. The minimum absolute atomic E-state index is 0.460. The van der Waals surface area contributed by atoms with Gasteiger partial charge in [0.2, 0.25) is 5.91 Å². The topological polar surface area (TPSA) is 108 Å². The number of nitrogens with one attached hydrogen (secondary N) is 2. The molecule has 2 unspecified atom stereocenters. The van der Waals surface area contributed by atoms with Gasteiger partial charge in [0, 0.05) is 15.1 Å². The van der Waals surface area contributed by atoms with Crippen molar-refractivity contribution in [2.24, 2.45) is 5.92 Å². The Kier molecular flexibility index (Phi) is 4.04. The van der Waals surface area contributed by atoms with E-state index in [9.17, 15) is 14.4 Å². The van der Waals surface area contributed by atoms with Crippen molar-refractivity contribution in [3.05, 3.63) is 37.3 Å². The second-order valence-corrected chi connectivity index (χ2v) is 7.17. The van der Waals surface area contributed by atoms with Crippen LogP contribution in [0.25, 0.3) is 11.0 Å². The Hall–Kier alpha value is -2.05. The smallest absolute Gasteiger partial charge is 0.316 e. The highest BCUT2D eigenvalue weighted by molar-refractivity contribution is 9.10. The average Bonchev–Trinajstić information content (AvgIpc) is 2.51. The first-order valence-corrected chi connectivity index (χ1v) is 8.51. The van der Waals surface area contributed by atoms with Crippen molar-refractivity contribution in [1.29, 1.82) is 5.26 Å². The quantitative estimate of drug-likeness (QED) is 0.453. The van der Waals surface area contributed by atoms with Crippen molar-refractivity contribution in [3.63, 3.8) is 0 Å². The number of thioether (sulfide) groups is 1. The molecule has 0 fully saturated rings. The third kappa shape index (κ3) is 2.58.